The van der Waals surface area contributed by atoms with Crippen LogP contribution in [0.2, 0.25) is 0 Å². The van der Waals surface area contributed by atoms with Crippen molar-refractivity contribution in [3.63, 3.8) is 0 Å². The standard InChI is InChI=1S/C23H18F4N4O3S2/c1-12-20-15(22(32)28-13-4-5-17(24)16(9-13)23(25,26)27)10-18(19-3-2-7-35-19)29-21(20)31(30-12)14-6-8-36(33,34)11-14/h2-5,7,9-10,14H,6,8,11H2,1H3,(H,28,32). The van der Waals surface area contributed by atoms with Crippen molar-refractivity contribution < 1.29 is 30.8 Å². The summed E-state index contributed by atoms with van der Waals surface area (Å²) in [4.78, 5) is 18.7. The van der Waals surface area contributed by atoms with Gasteiger partial charge in [0, 0.05) is 5.69 Å². The first-order chi connectivity index (χ1) is 16.9. The summed E-state index contributed by atoms with van der Waals surface area (Å²) in [5.74, 6) is -2.27. The lowest BCUT2D eigenvalue weighted by atomic mass is 10.1. The van der Waals surface area contributed by atoms with Gasteiger partial charge in [0.15, 0.2) is 15.5 Å². The third kappa shape index (κ3) is 4.48. The average molecular weight is 539 g/mol. The molecule has 36 heavy (non-hydrogen) atoms. The lowest BCUT2D eigenvalue weighted by Crippen LogP contribution is -2.16. The van der Waals surface area contributed by atoms with Crippen LogP contribution in [0, 0.1) is 12.7 Å². The second kappa shape index (κ2) is 8.66. The second-order valence-corrected chi connectivity index (χ2v) is 11.6. The Morgan fingerprint density at radius 2 is 2.00 bits per heavy atom. The molecule has 0 bridgehead atoms. The average Bonchev–Trinajstić information content (AvgIpc) is 3.53. The van der Waals surface area contributed by atoms with Crippen LogP contribution in [0.1, 0.15) is 34.1 Å². The summed E-state index contributed by atoms with van der Waals surface area (Å²) in [5.41, 5.74) is -0.472. The number of amides is 1. The Labute approximate surface area is 206 Å². The van der Waals surface area contributed by atoms with Gasteiger partial charge in [0.2, 0.25) is 0 Å². The molecular formula is C23H18F4N4O3S2. The predicted octanol–water partition coefficient (Wildman–Crippen LogP) is 5.24. The molecular weight excluding hydrogens is 520 g/mol. The van der Waals surface area contributed by atoms with Crippen molar-refractivity contribution in [1.29, 1.82) is 0 Å². The van der Waals surface area contributed by atoms with Crippen LogP contribution in [0.3, 0.4) is 0 Å². The third-order valence-corrected chi connectivity index (χ3v) is 8.58. The summed E-state index contributed by atoms with van der Waals surface area (Å²) in [6.45, 7) is 1.64. The summed E-state index contributed by atoms with van der Waals surface area (Å²) in [6, 6.07) is 6.87. The number of hydrogen-bond acceptors (Lipinski definition) is 6. The number of aryl methyl sites for hydroxylation is 1. The Bertz CT molecular complexity index is 1600. The van der Waals surface area contributed by atoms with Crippen molar-refractivity contribution in [2.75, 3.05) is 16.8 Å². The molecule has 1 saturated heterocycles. The molecule has 1 N–H and O–H groups in total. The van der Waals surface area contributed by atoms with Crippen molar-refractivity contribution >= 4 is 43.8 Å². The van der Waals surface area contributed by atoms with Crippen molar-refractivity contribution in [2.24, 2.45) is 0 Å². The Hall–Kier alpha value is -3.32. The maximum Gasteiger partial charge on any atom is 0.419 e. The van der Waals surface area contributed by atoms with Crippen LogP contribution in [0.4, 0.5) is 23.2 Å². The first kappa shape index (κ1) is 24.4. The molecule has 1 unspecified atom stereocenters. The summed E-state index contributed by atoms with van der Waals surface area (Å²) in [5, 5.41) is 9.08. The first-order valence-electron chi connectivity index (χ1n) is 10.8. The van der Waals surface area contributed by atoms with Crippen LogP contribution in [-0.2, 0) is 16.0 Å². The van der Waals surface area contributed by atoms with Gasteiger partial charge in [-0.05, 0) is 49.1 Å². The number of sulfone groups is 1. The van der Waals surface area contributed by atoms with Crippen LogP contribution in [0.25, 0.3) is 21.6 Å². The first-order valence-corrected chi connectivity index (χ1v) is 13.5. The molecule has 3 aromatic heterocycles. The van der Waals surface area contributed by atoms with E-state index in [1.54, 1.807) is 19.1 Å². The Morgan fingerprint density at radius 1 is 1.22 bits per heavy atom. The number of carbonyl (C=O) groups is 1. The molecule has 0 spiro atoms. The molecule has 1 amide bonds. The number of aromatic nitrogens is 3. The van der Waals surface area contributed by atoms with Crippen molar-refractivity contribution in [2.45, 2.75) is 25.6 Å². The second-order valence-electron chi connectivity index (χ2n) is 8.46. The predicted molar refractivity (Wildman–Crippen MR) is 127 cm³/mol. The lowest BCUT2D eigenvalue weighted by Gasteiger charge is -2.13. The number of benzene rings is 1. The van der Waals surface area contributed by atoms with Crippen LogP contribution in [0.5, 0.6) is 0 Å². The number of nitrogens with zero attached hydrogens (tertiary/aromatic N) is 3. The Morgan fingerprint density at radius 3 is 2.64 bits per heavy atom. The smallest absolute Gasteiger partial charge is 0.322 e. The fourth-order valence-electron chi connectivity index (χ4n) is 4.28. The van der Waals surface area contributed by atoms with E-state index >= 15 is 0 Å². The number of nitrogens with one attached hydrogen (secondary N) is 1. The van der Waals surface area contributed by atoms with Gasteiger partial charge in [-0.2, -0.15) is 18.3 Å². The number of rotatable bonds is 4. The zero-order chi connectivity index (χ0) is 25.8. The highest BCUT2D eigenvalue weighted by atomic mass is 32.2. The molecule has 0 saturated carbocycles. The topological polar surface area (TPSA) is 93.9 Å². The number of fused-ring (bicyclic) bond motifs is 1. The number of carbonyl (C=O) groups excluding carboxylic acids is 1. The van der Waals surface area contributed by atoms with Gasteiger partial charge in [-0.1, -0.05) is 6.07 Å². The number of alkyl halides is 3. The van der Waals surface area contributed by atoms with E-state index in [2.05, 4.69) is 15.4 Å². The van der Waals surface area contributed by atoms with Gasteiger partial charge < -0.3 is 5.32 Å². The molecule has 1 aliphatic heterocycles. The fourth-order valence-corrected chi connectivity index (χ4v) is 6.66. The molecule has 1 aliphatic rings. The molecule has 13 heteroatoms. The molecule has 1 aromatic carbocycles. The minimum atomic E-state index is -4.93. The minimum Gasteiger partial charge on any atom is -0.322 e. The maximum atomic E-state index is 13.7. The molecule has 4 aromatic rings. The van der Waals surface area contributed by atoms with E-state index in [1.165, 1.54) is 22.1 Å². The number of halogens is 4. The molecule has 1 atom stereocenters. The number of thiophene rings is 1. The Balaban J connectivity index is 1.63. The van der Waals surface area contributed by atoms with Gasteiger partial charge in [0.1, 0.15) is 5.82 Å². The van der Waals surface area contributed by atoms with Gasteiger partial charge in [0.25, 0.3) is 5.91 Å². The highest BCUT2D eigenvalue weighted by Crippen LogP contribution is 2.35. The zero-order valence-corrected chi connectivity index (χ0v) is 20.3. The van der Waals surface area contributed by atoms with E-state index in [9.17, 15) is 30.8 Å². The third-order valence-electron chi connectivity index (χ3n) is 5.94. The van der Waals surface area contributed by atoms with Gasteiger partial charge >= 0.3 is 6.18 Å². The number of anilines is 1. The molecule has 0 aliphatic carbocycles. The number of pyridine rings is 1. The molecule has 188 valence electrons. The highest BCUT2D eigenvalue weighted by molar-refractivity contribution is 7.91. The van der Waals surface area contributed by atoms with E-state index in [4.69, 9.17) is 0 Å². The Kier molecular flexibility index (Phi) is 5.86. The quantitative estimate of drug-likeness (QED) is 0.359. The van der Waals surface area contributed by atoms with Gasteiger partial charge in [-0.15, -0.1) is 11.3 Å². The van der Waals surface area contributed by atoms with E-state index < -0.39 is 39.3 Å². The molecule has 5 rings (SSSR count). The van der Waals surface area contributed by atoms with Crippen LogP contribution < -0.4 is 5.32 Å². The van der Waals surface area contributed by atoms with E-state index in [1.807, 2.05) is 5.38 Å². The molecule has 7 nitrogen and oxygen atoms in total. The van der Waals surface area contributed by atoms with E-state index in [0.29, 0.717) is 41.0 Å². The summed E-state index contributed by atoms with van der Waals surface area (Å²) >= 11 is 1.37. The largest absolute Gasteiger partial charge is 0.419 e. The summed E-state index contributed by atoms with van der Waals surface area (Å²) < 4.78 is 78.8. The van der Waals surface area contributed by atoms with Crippen molar-refractivity contribution in [3.05, 3.63) is 64.4 Å². The lowest BCUT2D eigenvalue weighted by molar-refractivity contribution is -0.139. The normalized spacial score (nSPS) is 17.5. The van der Waals surface area contributed by atoms with Gasteiger partial charge in [0.05, 0.1) is 50.3 Å². The monoisotopic (exact) mass is 538 g/mol. The van der Waals surface area contributed by atoms with Crippen LogP contribution in [0.15, 0.2) is 41.8 Å². The summed E-state index contributed by atoms with van der Waals surface area (Å²) in [7, 11) is -3.23. The van der Waals surface area contributed by atoms with E-state index in [-0.39, 0.29) is 22.8 Å². The SMILES string of the molecule is Cc1nn(C2CCS(=O)(=O)C2)c2nc(-c3cccs3)cc(C(=O)Nc3ccc(F)c(C(F)(F)F)c3)c12. The zero-order valence-electron chi connectivity index (χ0n) is 18.6. The van der Waals surface area contributed by atoms with Crippen LogP contribution >= 0.6 is 11.3 Å². The molecule has 0 radical (unpaired) electrons. The van der Waals surface area contributed by atoms with Crippen LogP contribution in [-0.4, -0.2) is 40.6 Å². The molecule has 1 fully saturated rings. The highest BCUT2D eigenvalue weighted by Gasteiger charge is 2.35. The fraction of sp³-hybridized carbons (Fsp3) is 0.261. The van der Waals surface area contributed by atoms with E-state index in [0.717, 1.165) is 10.9 Å². The van der Waals surface area contributed by atoms with Crippen molar-refractivity contribution in [1.82, 2.24) is 14.8 Å². The molecule has 4 heterocycles. The number of hydrogen-bond donors (Lipinski definition) is 1. The van der Waals surface area contributed by atoms with Crippen molar-refractivity contribution in [3.8, 4) is 10.6 Å². The summed E-state index contributed by atoms with van der Waals surface area (Å²) in [6.07, 6.45) is -4.58. The van der Waals surface area contributed by atoms with Gasteiger partial charge in [-0.3, -0.25) is 4.79 Å². The van der Waals surface area contributed by atoms with Gasteiger partial charge in [-0.25, -0.2) is 22.5 Å². The maximum absolute atomic E-state index is 13.7. The minimum absolute atomic E-state index is 0.0160.